The number of halogens is 1. The Morgan fingerprint density at radius 3 is 2.22 bits per heavy atom. The summed E-state index contributed by atoms with van der Waals surface area (Å²) in [7, 11) is 0. The molecule has 1 atom stereocenters. The van der Waals surface area contributed by atoms with E-state index in [9.17, 15) is 4.79 Å². The van der Waals surface area contributed by atoms with Gasteiger partial charge in [-0.3, -0.25) is 4.79 Å². The van der Waals surface area contributed by atoms with Gasteiger partial charge in [0.15, 0.2) is 0 Å². The van der Waals surface area contributed by atoms with Crippen LogP contribution in [-0.4, -0.2) is 19.0 Å². The third kappa shape index (κ3) is 4.37. The molecule has 5 heteroatoms. The van der Waals surface area contributed by atoms with Gasteiger partial charge in [0.05, 0.1) is 0 Å². The molecule has 120 valence electrons. The third-order valence-electron chi connectivity index (χ3n) is 4.10. The second-order valence-corrected chi connectivity index (χ2v) is 7.84. The normalized spacial score (nSPS) is 15.7. The van der Waals surface area contributed by atoms with E-state index in [1.54, 1.807) is 11.8 Å². The number of hydrogen-bond acceptors (Lipinski definition) is 3. The van der Waals surface area contributed by atoms with Crippen LogP contribution in [0.1, 0.15) is 6.92 Å². The van der Waals surface area contributed by atoms with Crippen LogP contribution in [0, 0.1) is 11.8 Å². The fourth-order valence-corrected chi connectivity index (χ4v) is 3.46. The van der Waals surface area contributed by atoms with Crippen LogP contribution in [0.5, 0.6) is 0 Å². The molecule has 1 heterocycles. The zero-order valence-corrected chi connectivity index (χ0v) is 15.3. The summed E-state index contributed by atoms with van der Waals surface area (Å²) in [6.07, 6.45) is 0. The zero-order valence-electron chi connectivity index (χ0n) is 12.9. The summed E-state index contributed by atoms with van der Waals surface area (Å²) < 4.78 is 1.08. The highest BCUT2D eigenvalue weighted by molar-refractivity contribution is 9.10. The third-order valence-corrected chi connectivity index (χ3v) is 5.65. The highest BCUT2D eigenvalue weighted by Gasteiger charge is 2.28. The van der Waals surface area contributed by atoms with E-state index in [0.717, 1.165) is 28.1 Å². The number of carbonyl (C=O) groups is 1. The Kier molecular flexibility index (Phi) is 5.41. The van der Waals surface area contributed by atoms with E-state index in [2.05, 4.69) is 38.7 Å². The molecule has 1 unspecified atom stereocenters. The number of carbonyl (C=O) groups excluding carboxylic acids is 1. The lowest BCUT2D eigenvalue weighted by Crippen LogP contribution is -2.48. The average molecular weight is 391 g/mol. The minimum atomic E-state index is 0.0491. The van der Waals surface area contributed by atoms with Crippen LogP contribution >= 0.6 is 27.7 Å². The Labute approximate surface area is 149 Å². The molecule has 0 aliphatic carbocycles. The van der Waals surface area contributed by atoms with E-state index in [1.165, 1.54) is 4.90 Å². The van der Waals surface area contributed by atoms with Crippen LogP contribution in [0.3, 0.4) is 0 Å². The molecular weight excluding hydrogens is 372 g/mol. The molecule has 0 radical (unpaired) electrons. The van der Waals surface area contributed by atoms with Crippen molar-refractivity contribution in [2.45, 2.75) is 16.7 Å². The van der Waals surface area contributed by atoms with Crippen LogP contribution in [0.15, 0.2) is 62.8 Å². The van der Waals surface area contributed by atoms with Gasteiger partial charge in [-0.05, 0) is 67.5 Å². The van der Waals surface area contributed by atoms with Crippen LogP contribution < -0.4 is 10.6 Å². The molecule has 1 fully saturated rings. The zero-order chi connectivity index (χ0) is 16.2. The molecule has 3 nitrogen and oxygen atoms in total. The Hall–Kier alpha value is -1.30. The Bertz CT molecular complexity index is 668. The number of rotatable bonds is 5. The van der Waals surface area contributed by atoms with E-state index in [4.69, 9.17) is 0 Å². The van der Waals surface area contributed by atoms with Crippen molar-refractivity contribution < 1.29 is 4.79 Å². The van der Waals surface area contributed by atoms with Crippen molar-refractivity contribution in [1.29, 1.82) is 0 Å². The molecule has 3 rings (SSSR count). The van der Waals surface area contributed by atoms with E-state index in [0.29, 0.717) is 5.92 Å². The summed E-state index contributed by atoms with van der Waals surface area (Å²) in [5, 5.41) is 6.22. The molecule has 0 saturated carbocycles. The second kappa shape index (κ2) is 7.51. The average Bonchev–Trinajstić information content (AvgIpc) is 2.50. The van der Waals surface area contributed by atoms with Crippen molar-refractivity contribution in [1.82, 2.24) is 5.32 Å². The maximum absolute atomic E-state index is 12.2. The van der Waals surface area contributed by atoms with E-state index >= 15 is 0 Å². The Morgan fingerprint density at radius 1 is 1.13 bits per heavy atom. The van der Waals surface area contributed by atoms with E-state index < -0.39 is 0 Å². The summed E-state index contributed by atoms with van der Waals surface area (Å²) in [5.41, 5.74) is 0.856. The van der Waals surface area contributed by atoms with Gasteiger partial charge in [-0.15, -0.1) is 0 Å². The van der Waals surface area contributed by atoms with Gasteiger partial charge in [0.2, 0.25) is 5.91 Å². The lowest BCUT2D eigenvalue weighted by atomic mass is 9.88. The number of anilines is 1. The van der Waals surface area contributed by atoms with Crippen molar-refractivity contribution in [3.8, 4) is 0 Å². The highest BCUT2D eigenvalue weighted by Crippen LogP contribution is 2.29. The molecule has 1 saturated heterocycles. The molecule has 1 amide bonds. The van der Waals surface area contributed by atoms with Crippen molar-refractivity contribution in [3.05, 3.63) is 53.0 Å². The predicted molar refractivity (Wildman–Crippen MR) is 98.9 cm³/mol. The van der Waals surface area contributed by atoms with Gasteiger partial charge in [0.25, 0.3) is 0 Å². The number of benzene rings is 2. The maximum Gasteiger partial charge on any atom is 0.227 e. The highest BCUT2D eigenvalue weighted by atomic mass is 79.9. The summed E-state index contributed by atoms with van der Waals surface area (Å²) in [6, 6.07) is 16.2. The van der Waals surface area contributed by atoms with Crippen molar-refractivity contribution in [2.75, 3.05) is 18.4 Å². The van der Waals surface area contributed by atoms with E-state index in [1.807, 2.05) is 43.3 Å². The SMILES string of the molecule is CC(C(=O)Nc1ccc(Sc2ccc(Br)cc2)cc1)C1CNC1. The lowest BCUT2D eigenvalue weighted by molar-refractivity contribution is -0.121. The van der Waals surface area contributed by atoms with Gasteiger partial charge in [-0.2, -0.15) is 0 Å². The summed E-state index contributed by atoms with van der Waals surface area (Å²) in [6.45, 7) is 3.88. The number of nitrogens with one attached hydrogen (secondary N) is 2. The Morgan fingerprint density at radius 2 is 1.70 bits per heavy atom. The fourth-order valence-electron chi connectivity index (χ4n) is 2.38. The first kappa shape index (κ1) is 16.6. The molecule has 1 aliphatic heterocycles. The van der Waals surface area contributed by atoms with Crippen LogP contribution in [0.4, 0.5) is 5.69 Å². The van der Waals surface area contributed by atoms with Crippen molar-refractivity contribution in [2.24, 2.45) is 11.8 Å². The minimum absolute atomic E-state index is 0.0491. The largest absolute Gasteiger partial charge is 0.326 e. The molecule has 2 N–H and O–H groups in total. The summed E-state index contributed by atoms with van der Waals surface area (Å²) in [5.74, 6) is 0.611. The standard InChI is InChI=1S/C18H19BrN2OS/c1-12(13-10-20-11-13)18(22)21-15-4-8-17(9-5-15)23-16-6-2-14(19)3-7-16/h2-9,12-13,20H,10-11H2,1H3,(H,21,22). The fraction of sp³-hybridized carbons (Fsp3) is 0.278. The number of amides is 1. The van der Waals surface area contributed by atoms with Gasteiger partial charge >= 0.3 is 0 Å². The summed E-state index contributed by atoms with van der Waals surface area (Å²) in [4.78, 5) is 14.6. The van der Waals surface area contributed by atoms with Crippen LogP contribution in [0.25, 0.3) is 0 Å². The first-order valence-electron chi connectivity index (χ1n) is 7.67. The van der Waals surface area contributed by atoms with Gasteiger partial charge in [-0.1, -0.05) is 34.6 Å². The monoisotopic (exact) mass is 390 g/mol. The topological polar surface area (TPSA) is 41.1 Å². The maximum atomic E-state index is 12.2. The predicted octanol–water partition coefficient (Wildman–Crippen LogP) is 4.39. The second-order valence-electron chi connectivity index (χ2n) is 5.78. The quantitative estimate of drug-likeness (QED) is 0.794. The molecule has 2 aromatic carbocycles. The lowest BCUT2D eigenvalue weighted by Gasteiger charge is -2.31. The van der Waals surface area contributed by atoms with Gasteiger partial charge in [0, 0.05) is 25.9 Å². The summed E-state index contributed by atoms with van der Waals surface area (Å²) >= 11 is 5.15. The first-order chi connectivity index (χ1) is 11.1. The molecule has 0 bridgehead atoms. The van der Waals surface area contributed by atoms with Gasteiger partial charge < -0.3 is 10.6 Å². The smallest absolute Gasteiger partial charge is 0.227 e. The molecular formula is C18H19BrN2OS. The van der Waals surface area contributed by atoms with Crippen LogP contribution in [0.2, 0.25) is 0 Å². The molecule has 0 spiro atoms. The molecule has 1 aliphatic rings. The Balaban J connectivity index is 1.58. The van der Waals surface area contributed by atoms with Gasteiger partial charge in [-0.25, -0.2) is 0 Å². The molecule has 0 aromatic heterocycles. The van der Waals surface area contributed by atoms with Gasteiger partial charge in [0.1, 0.15) is 0 Å². The van der Waals surface area contributed by atoms with Crippen molar-refractivity contribution >= 4 is 39.3 Å². The molecule has 2 aromatic rings. The number of hydrogen-bond donors (Lipinski definition) is 2. The van der Waals surface area contributed by atoms with Crippen molar-refractivity contribution in [3.63, 3.8) is 0 Å². The van der Waals surface area contributed by atoms with E-state index in [-0.39, 0.29) is 11.8 Å². The van der Waals surface area contributed by atoms with Crippen LogP contribution in [-0.2, 0) is 4.79 Å². The minimum Gasteiger partial charge on any atom is -0.326 e. The molecule has 23 heavy (non-hydrogen) atoms. The first-order valence-corrected chi connectivity index (χ1v) is 9.28.